The van der Waals surface area contributed by atoms with E-state index in [0.717, 1.165) is 11.3 Å². The summed E-state index contributed by atoms with van der Waals surface area (Å²) in [4.78, 5) is 19.5. The molecule has 1 heterocycles. The molecular weight excluding hydrogens is 284 g/mol. The number of thioether (sulfide) groups is 1. The van der Waals surface area contributed by atoms with Gasteiger partial charge < -0.3 is 5.11 Å². The third-order valence-electron chi connectivity index (χ3n) is 2.52. The molecule has 1 N–H and O–H groups in total. The second-order valence-electron chi connectivity index (χ2n) is 3.83. The van der Waals surface area contributed by atoms with Crippen LogP contribution in [0.3, 0.4) is 0 Å². The summed E-state index contributed by atoms with van der Waals surface area (Å²) in [6.45, 7) is 0. The van der Waals surface area contributed by atoms with Crippen LogP contribution in [0.15, 0.2) is 35.6 Å². The van der Waals surface area contributed by atoms with Gasteiger partial charge in [-0.05, 0) is 30.0 Å². The second-order valence-corrected chi connectivity index (χ2v) is 5.01. The molecule has 0 spiro atoms. The van der Waals surface area contributed by atoms with Crippen molar-refractivity contribution >= 4 is 29.3 Å². The normalized spacial score (nSPS) is 10.4. The molecule has 0 aliphatic rings. The number of benzene rings is 1. The lowest BCUT2D eigenvalue weighted by atomic mass is 10.1. The predicted molar refractivity (Wildman–Crippen MR) is 75.0 cm³/mol. The minimum absolute atomic E-state index is 0.110. The van der Waals surface area contributed by atoms with Gasteiger partial charge in [0.1, 0.15) is 0 Å². The smallest absolute Gasteiger partial charge is 0.337 e. The van der Waals surface area contributed by atoms with Crippen molar-refractivity contribution in [3.63, 3.8) is 0 Å². The van der Waals surface area contributed by atoms with Gasteiger partial charge in [0, 0.05) is 18.3 Å². The molecule has 4 nitrogen and oxygen atoms in total. The molecule has 0 aliphatic carbocycles. The van der Waals surface area contributed by atoms with E-state index in [1.54, 1.807) is 24.4 Å². The molecule has 0 unspecified atom stereocenters. The molecule has 2 rings (SSSR count). The molecule has 0 bridgehead atoms. The first-order valence-electron chi connectivity index (χ1n) is 5.48. The summed E-state index contributed by atoms with van der Waals surface area (Å²) in [5, 5.41) is 9.96. The fraction of sp³-hybridized carbons (Fsp3) is 0.154. The van der Waals surface area contributed by atoms with Crippen molar-refractivity contribution in [3.8, 4) is 0 Å². The van der Waals surface area contributed by atoms with Crippen LogP contribution in [0, 0.1) is 0 Å². The summed E-state index contributed by atoms with van der Waals surface area (Å²) in [5.74, 6) is -1.03. The van der Waals surface area contributed by atoms with Gasteiger partial charge in [-0.15, -0.1) is 0 Å². The van der Waals surface area contributed by atoms with E-state index in [1.165, 1.54) is 11.8 Å². The van der Waals surface area contributed by atoms with Crippen LogP contribution < -0.4 is 0 Å². The molecule has 1 aromatic heterocycles. The SMILES string of the molecule is CSc1nccc(Cc2ccc(Cl)c(C(=O)O)c2)n1. The van der Waals surface area contributed by atoms with E-state index < -0.39 is 5.97 Å². The van der Waals surface area contributed by atoms with Gasteiger partial charge in [0.05, 0.1) is 10.6 Å². The standard InChI is InChI=1S/C13H11ClN2O2S/c1-19-13-15-5-4-9(16-13)6-8-2-3-11(14)10(7-8)12(17)18/h2-5,7H,6H2,1H3,(H,17,18). The average molecular weight is 295 g/mol. The molecule has 0 fully saturated rings. The molecule has 98 valence electrons. The summed E-state index contributed by atoms with van der Waals surface area (Å²) >= 11 is 7.30. The van der Waals surface area contributed by atoms with Gasteiger partial charge in [-0.25, -0.2) is 14.8 Å². The minimum Gasteiger partial charge on any atom is -0.478 e. The Morgan fingerprint density at radius 3 is 2.89 bits per heavy atom. The Morgan fingerprint density at radius 2 is 2.21 bits per heavy atom. The number of hydrogen-bond acceptors (Lipinski definition) is 4. The average Bonchev–Trinajstić information content (AvgIpc) is 2.41. The number of nitrogens with zero attached hydrogens (tertiary/aromatic N) is 2. The summed E-state index contributed by atoms with van der Waals surface area (Å²) in [7, 11) is 0. The van der Waals surface area contributed by atoms with Crippen LogP contribution in [-0.4, -0.2) is 27.3 Å². The first-order valence-corrected chi connectivity index (χ1v) is 7.08. The number of aromatic nitrogens is 2. The van der Waals surface area contributed by atoms with Crippen molar-refractivity contribution in [2.45, 2.75) is 11.6 Å². The fourth-order valence-electron chi connectivity index (χ4n) is 1.63. The number of carboxylic acid groups (broad SMARTS) is 1. The van der Waals surface area contributed by atoms with Crippen LogP contribution in [-0.2, 0) is 6.42 Å². The van der Waals surface area contributed by atoms with Crippen molar-refractivity contribution in [2.24, 2.45) is 0 Å². The van der Waals surface area contributed by atoms with Crippen LogP contribution in [0.4, 0.5) is 0 Å². The summed E-state index contributed by atoms with van der Waals surface area (Å²) in [6, 6.07) is 6.78. The van der Waals surface area contributed by atoms with Gasteiger partial charge >= 0.3 is 5.97 Å². The third kappa shape index (κ3) is 3.45. The van der Waals surface area contributed by atoms with Crippen LogP contribution in [0.2, 0.25) is 5.02 Å². The highest BCUT2D eigenvalue weighted by Gasteiger charge is 2.10. The lowest BCUT2D eigenvalue weighted by molar-refractivity contribution is 0.0697. The highest BCUT2D eigenvalue weighted by molar-refractivity contribution is 7.98. The van der Waals surface area contributed by atoms with Gasteiger partial charge in [-0.3, -0.25) is 0 Å². The highest BCUT2D eigenvalue weighted by Crippen LogP contribution is 2.19. The maximum atomic E-state index is 11.0. The van der Waals surface area contributed by atoms with Gasteiger partial charge in [-0.2, -0.15) is 0 Å². The lowest BCUT2D eigenvalue weighted by Crippen LogP contribution is -2.00. The van der Waals surface area contributed by atoms with Gasteiger partial charge in [0.2, 0.25) is 0 Å². The Balaban J connectivity index is 2.28. The summed E-state index contributed by atoms with van der Waals surface area (Å²) in [5.41, 5.74) is 1.81. The number of carboxylic acids is 1. The van der Waals surface area contributed by atoms with E-state index in [-0.39, 0.29) is 10.6 Å². The minimum atomic E-state index is -1.03. The van der Waals surface area contributed by atoms with Crippen LogP contribution >= 0.6 is 23.4 Å². The molecule has 0 radical (unpaired) electrons. The molecule has 0 amide bonds. The van der Waals surface area contributed by atoms with E-state index in [2.05, 4.69) is 9.97 Å². The Morgan fingerprint density at radius 1 is 1.42 bits per heavy atom. The number of carbonyl (C=O) groups is 1. The van der Waals surface area contributed by atoms with Crippen molar-refractivity contribution in [2.75, 3.05) is 6.26 Å². The molecular formula is C13H11ClN2O2S. The highest BCUT2D eigenvalue weighted by atomic mass is 35.5. The van der Waals surface area contributed by atoms with Crippen molar-refractivity contribution in [3.05, 3.63) is 52.3 Å². The Labute approximate surface area is 119 Å². The van der Waals surface area contributed by atoms with Crippen LogP contribution in [0.25, 0.3) is 0 Å². The molecule has 0 atom stereocenters. The van der Waals surface area contributed by atoms with Crippen molar-refractivity contribution in [1.29, 1.82) is 0 Å². The van der Waals surface area contributed by atoms with Gasteiger partial charge in [0.15, 0.2) is 5.16 Å². The van der Waals surface area contributed by atoms with E-state index in [4.69, 9.17) is 16.7 Å². The zero-order chi connectivity index (χ0) is 13.8. The quantitative estimate of drug-likeness (QED) is 0.693. The van der Waals surface area contributed by atoms with Gasteiger partial charge in [-0.1, -0.05) is 29.4 Å². The molecule has 0 aliphatic heterocycles. The summed E-state index contributed by atoms with van der Waals surface area (Å²) in [6.07, 6.45) is 4.15. The Kier molecular flexibility index (Phi) is 4.39. The van der Waals surface area contributed by atoms with E-state index >= 15 is 0 Å². The van der Waals surface area contributed by atoms with Crippen LogP contribution in [0.1, 0.15) is 21.6 Å². The van der Waals surface area contributed by atoms with Gasteiger partial charge in [0.25, 0.3) is 0 Å². The maximum Gasteiger partial charge on any atom is 0.337 e. The zero-order valence-corrected chi connectivity index (χ0v) is 11.7. The van der Waals surface area contributed by atoms with E-state index in [1.807, 2.05) is 12.3 Å². The molecule has 0 saturated carbocycles. The molecule has 2 aromatic rings. The number of hydrogen-bond donors (Lipinski definition) is 1. The molecule has 1 aromatic carbocycles. The number of halogens is 1. The fourth-order valence-corrected chi connectivity index (χ4v) is 2.20. The monoisotopic (exact) mass is 294 g/mol. The molecule has 0 saturated heterocycles. The van der Waals surface area contributed by atoms with E-state index in [0.29, 0.717) is 11.6 Å². The Bertz CT molecular complexity index is 619. The van der Waals surface area contributed by atoms with Crippen molar-refractivity contribution in [1.82, 2.24) is 9.97 Å². The maximum absolute atomic E-state index is 11.0. The first kappa shape index (κ1) is 13.8. The molecule has 6 heteroatoms. The topological polar surface area (TPSA) is 63.1 Å². The number of rotatable bonds is 4. The lowest BCUT2D eigenvalue weighted by Gasteiger charge is -2.05. The van der Waals surface area contributed by atoms with E-state index in [9.17, 15) is 4.79 Å². The summed E-state index contributed by atoms with van der Waals surface area (Å²) < 4.78 is 0. The Hall–Kier alpha value is -1.59. The largest absolute Gasteiger partial charge is 0.478 e. The second kappa shape index (κ2) is 6.04. The van der Waals surface area contributed by atoms with Crippen LogP contribution in [0.5, 0.6) is 0 Å². The first-order chi connectivity index (χ1) is 9.10. The third-order valence-corrected chi connectivity index (χ3v) is 3.41. The molecule has 19 heavy (non-hydrogen) atoms. The predicted octanol–water partition coefficient (Wildman–Crippen LogP) is 3.14. The zero-order valence-electron chi connectivity index (χ0n) is 10.1. The number of aromatic carboxylic acids is 1. The van der Waals surface area contributed by atoms with Crippen molar-refractivity contribution < 1.29 is 9.90 Å².